The van der Waals surface area contributed by atoms with Crippen LogP contribution in [0.25, 0.3) is 0 Å². The Morgan fingerprint density at radius 1 is 1.45 bits per heavy atom. The molecule has 0 aliphatic carbocycles. The molecule has 1 atom stereocenters. The molecule has 106 valence electrons. The van der Waals surface area contributed by atoms with Crippen LogP contribution in [0.1, 0.15) is 11.2 Å². The van der Waals surface area contributed by atoms with Gasteiger partial charge in [-0.1, -0.05) is 11.6 Å². The third kappa shape index (κ3) is 2.30. The van der Waals surface area contributed by atoms with E-state index in [0.29, 0.717) is 16.3 Å². The molecule has 0 saturated carbocycles. The van der Waals surface area contributed by atoms with Crippen molar-refractivity contribution < 1.29 is 18.3 Å². The van der Waals surface area contributed by atoms with Gasteiger partial charge in [0.15, 0.2) is 0 Å². The standard InChI is InChI=1S/C12H12ClN2O4P/c1-17-20(16,18-2)11-8-5-7(13)3-4-10(8)19-12(15)9(11)6-14/h3-5,11H,15H2,1-2H3/t11-/m1/s1. The fourth-order valence-corrected chi connectivity index (χ4v) is 3.81. The minimum atomic E-state index is -3.62. The maximum Gasteiger partial charge on any atom is 0.343 e. The smallest absolute Gasteiger partial charge is 0.343 e. The minimum absolute atomic E-state index is 0.00759. The van der Waals surface area contributed by atoms with Crippen molar-refractivity contribution in [1.82, 2.24) is 0 Å². The van der Waals surface area contributed by atoms with E-state index < -0.39 is 13.3 Å². The van der Waals surface area contributed by atoms with Crippen molar-refractivity contribution in [3.8, 4) is 11.8 Å². The van der Waals surface area contributed by atoms with Crippen LogP contribution in [-0.2, 0) is 13.6 Å². The fraction of sp³-hybridized carbons (Fsp3) is 0.250. The molecule has 0 unspecified atom stereocenters. The van der Waals surface area contributed by atoms with Crippen LogP contribution in [0.4, 0.5) is 0 Å². The van der Waals surface area contributed by atoms with E-state index in [-0.39, 0.29) is 11.5 Å². The van der Waals surface area contributed by atoms with Gasteiger partial charge in [0.05, 0.1) is 0 Å². The van der Waals surface area contributed by atoms with E-state index in [4.69, 9.17) is 31.1 Å². The summed E-state index contributed by atoms with van der Waals surface area (Å²) >= 11 is 5.95. The van der Waals surface area contributed by atoms with E-state index in [1.54, 1.807) is 18.2 Å². The fourth-order valence-electron chi connectivity index (χ4n) is 2.02. The first-order valence-electron chi connectivity index (χ1n) is 5.55. The topological polar surface area (TPSA) is 94.6 Å². The molecule has 1 heterocycles. The van der Waals surface area contributed by atoms with Gasteiger partial charge in [0.25, 0.3) is 0 Å². The van der Waals surface area contributed by atoms with Gasteiger partial charge in [0.2, 0.25) is 5.88 Å². The van der Waals surface area contributed by atoms with E-state index >= 15 is 0 Å². The molecule has 1 aromatic rings. The van der Waals surface area contributed by atoms with Crippen molar-refractivity contribution in [2.24, 2.45) is 5.73 Å². The third-order valence-electron chi connectivity index (χ3n) is 2.97. The summed E-state index contributed by atoms with van der Waals surface area (Å²) in [5, 5.41) is 9.66. The Hall–Kier alpha value is -1.51. The summed E-state index contributed by atoms with van der Waals surface area (Å²) in [5.41, 5.74) is 5.17. The number of rotatable bonds is 3. The summed E-state index contributed by atoms with van der Waals surface area (Å²) in [4.78, 5) is 0. The molecule has 1 aliphatic heterocycles. The van der Waals surface area contributed by atoms with Gasteiger partial charge < -0.3 is 19.5 Å². The van der Waals surface area contributed by atoms with Crippen LogP contribution in [0, 0.1) is 11.3 Å². The quantitative estimate of drug-likeness (QED) is 0.862. The summed E-state index contributed by atoms with van der Waals surface area (Å²) in [5.74, 6) is 0.242. The molecule has 0 bridgehead atoms. The average molecular weight is 315 g/mol. The molecule has 0 fully saturated rings. The lowest BCUT2D eigenvalue weighted by atomic mass is 10.0. The number of halogens is 1. The van der Waals surface area contributed by atoms with Crippen LogP contribution < -0.4 is 10.5 Å². The molecule has 20 heavy (non-hydrogen) atoms. The number of nitriles is 1. The predicted octanol–water partition coefficient (Wildman–Crippen LogP) is 2.95. The van der Waals surface area contributed by atoms with E-state index in [9.17, 15) is 9.83 Å². The molecule has 0 saturated heterocycles. The van der Waals surface area contributed by atoms with Crippen LogP contribution in [-0.4, -0.2) is 14.2 Å². The lowest BCUT2D eigenvalue weighted by Gasteiger charge is -2.29. The summed E-state index contributed by atoms with van der Waals surface area (Å²) < 4.78 is 28.1. The van der Waals surface area contributed by atoms with Gasteiger partial charge in [-0.2, -0.15) is 5.26 Å². The average Bonchev–Trinajstić information content (AvgIpc) is 2.45. The first kappa shape index (κ1) is 14.9. The summed E-state index contributed by atoms with van der Waals surface area (Å²) in [6.07, 6.45) is 0. The van der Waals surface area contributed by atoms with Crippen LogP contribution in [0.3, 0.4) is 0 Å². The molecular formula is C12H12ClN2O4P. The second-order valence-electron chi connectivity index (χ2n) is 3.98. The summed E-state index contributed by atoms with van der Waals surface area (Å²) in [6, 6.07) is 6.63. The van der Waals surface area contributed by atoms with Crippen molar-refractivity contribution in [1.29, 1.82) is 5.26 Å². The normalized spacial score (nSPS) is 18.2. The monoisotopic (exact) mass is 314 g/mol. The number of fused-ring (bicyclic) bond motifs is 1. The van der Waals surface area contributed by atoms with Crippen molar-refractivity contribution >= 4 is 19.2 Å². The predicted molar refractivity (Wildman–Crippen MR) is 73.3 cm³/mol. The first-order valence-corrected chi connectivity index (χ1v) is 7.54. The van der Waals surface area contributed by atoms with E-state index in [2.05, 4.69) is 0 Å². The van der Waals surface area contributed by atoms with Crippen molar-refractivity contribution in [3.63, 3.8) is 0 Å². The van der Waals surface area contributed by atoms with E-state index in [0.717, 1.165) is 0 Å². The molecule has 0 aromatic heterocycles. The molecule has 1 aromatic carbocycles. The van der Waals surface area contributed by atoms with Gasteiger partial charge >= 0.3 is 7.60 Å². The number of hydrogen-bond acceptors (Lipinski definition) is 6. The lowest BCUT2D eigenvalue weighted by Crippen LogP contribution is -2.21. The number of ether oxygens (including phenoxy) is 1. The van der Waals surface area contributed by atoms with Crippen LogP contribution >= 0.6 is 19.2 Å². The Labute approximate surface area is 121 Å². The maximum absolute atomic E-state index is 12.7. The first-order chi connectivity index (χ1) is 9.46. The Kier molecular flexibility index (Phi) is 4.07. The maximum atomic E-state index is 12.7. The highest BCUT2D eigenvalue weighted by molar-refractivity contribution is 7.54. The zero-order valence-electron chi connectivity index (χ0n) is 10.8. The molecule has 0 amide bonds. The molecular weight excluding hydrogens is 303 g/mol. The van der Waals surface area contributed by atoms with Crippen LogP contribution in [0.15, 0.2) is 29.7 Å². The number of benzene rings is 1. The number of nitrogens with zero attached hydrogens (tertiary/aromatic N) is 1. The highest BCUT2D eigenvalue weighted by Crippen LogP contribution is 2.65. The van der Waals surface area contributed by atoms with Gasteiger partial charge in [0.1, 0.15) is 23.1 Å². The second-order valence-corrected chi connectivity index (χ2v) is 6.74. The summed E-state index contributed by atoms with van der Waals surface area (Å²) in [6.45, 7) is 0. The van der Waals surface area contributed by atoms with Gasteiger partial charge in [-0.15, -0.1) is 0 Å². The molecule has 1 aliphatic rings. The summed E-state index contributed by atoms with van der Waals surface area (Å²) in [7, 11) is -1.13. The van der Waals surface area contributed by atoms with Crippen molar-refractivity contribution in [2.45, 2.75) is 5.66 Å². The highest BCUT2D eigenvalue weighted by atomic mass is 35.5. The Bertz CT molecular complexity index is 660. The number of hydrogen-bond donors (Lipinski definition) is 1. The number of nitrogens with two attached hydrogens (primary N) is 1. The number of allylic oxidation sites excluding steroid dienone is 1. The molecule has 0 spiro atoms. The van der Waals surface area contributed by atoms with E-state index in [1.165, 1.54) is 14.2 Å². The third-order valence-corrected chi connectivity index (χ3v) is 5.39. The molecule has 0 radical (unpaired) electrons. The van der Waals surface area contributed by atoms with Gasteiger partial charge in [0, 0.05) is 24.8 Å². The second kappa shape index (κ2) is 5.47. The Morgan fingerprint density at radius 3 is 2.65 bits per heavy atom. The van der Waals surface area contributed by atoms with Crippen molar-refractivity contribution in [2.75, 3.05) is 14.2 Å². The van der Waals surface area contributed by atoms with Gasteiger partial charge in [-0.05, 0) is 18.2 Å². The molecule has 2 rings (SSSR count). The minimum Gasteiger partial charge on any atom is -0.440 e. The SMILES string of the molecule is COP(=O)(OC)[C@H]1C(C#N)=C(N)Oc2ccc(Cl)cc21. The zero-order valence-corrected chi connectivity index (χ0v) is 12.4. The van der Waals surface area contributed by atoms with E-state index in [1.807, 2.05) is 6.07 Å². The Morgan fingerprint density at radius 2 is 2.10 bits per heavy atom. The largest absolute Gasteiger partial charge is 0.440 e. The van der Waals surface area contributed by atoms with Crippen molar-refractivity contribution in [3.05, 3.63) is 40.2 Å². The zero-order chi connectivity index (χ0) is 14.9. The molecule has 2 N–H and O–H groups in total. The highest BCUT2D eigenvalue weighted by Gasteiger charge is 2.44. The van der Waals surface area contributed by atoms with Crippen LogP contribution in [0.5, 0.6) is 5.75 Å². The van der Waals surface area contributed by atoms with Gasteiger partial charge in [-0.3, -0.25) is 4.57 Å². The molecule has 6 nitrogen and oxygen atoms in total. The van der Waals surface area contributed by atoms with Gasteiger partial charge in [-0.25, -0.2) is 0 Å². The molecule has 8 heteroatoms. The lowest BCUT2D eigenvalue weighted by molar-refractivity contribution is 0.266. The Balaban J connectivity index is 2.72. The van der Waals surface area contributed by atoms with Crippen LogP contribution in [0.2, 0.25) is 5.02 Å².